The van der Waals surface area contributed by atoms with Crippen LogP contribution in [0, 0.1) is 11.3 Å². The summed E-state index contributed by atoms with van der Waals surface area (Å²) in [5.41, 5.74) is 2.48. The molecule has 0 unspecified atom stereocenters. The molecule has 3 rings (SSSR count). The third-order valence-electron chi connectivity index (χ3n) is 3.68. The van der Waals surface area contributed by atoms with Crippen LogP contribution in [0.1, 0.15) is 11.1 Å². The maximum absolute atomic E-state index is 12.0. The Kier molecular flexibility index (Phi) is 5.95. The van der Waals surface area contributed by atoms with Crippen LogP contribution in [-0.4, -0.2) is 10.9 Å². The molecule has 3 aromatic rings. The van der Waals surface area contributed by atoms with Crippen molar-refractivity contribution in [3.8, 4) is 17.6 Å². The number of hydrogen-bond acceptors (Lipinski definition) is 4. The van der Waals surface area contributed by atoms with Gasteiger partial charge in [-0.1, -0.05) is 18.2 Å². The summed E-state index contributed by atoms with van der Waals surface area (Å²) in [5.74, 6) is 1.13. The molecular formula is C22H17N3O2. The molecule has 1 N–H and O–H groups in total. The largest absolute Gasteiger partial charge is 0.457 e. The summed E-state index contributed by atoms with van der Waals surface area (Å²) < 4.78 is 5.76. The Morgan fingerprint density at radius 1 is 1.07 bits per heavy atom. The second-order valence-electron chi connectivity index (χ2n) is 5.71. The Labute approximate surface area is 157 Å². The minimum absolute atomic E-state index is 0.222. The Bertz CT molecular complexity index is 957. The normalized spacial score (nSPS) is 10.3. The van der Waals surface area contributed by atoms with Crippen LogP contribution in [0.2, 0.25) is 0 Å². The van der Waals surface area contributed by atoms with Gasteiger partial charge in [0.15, 0.2) is 0 Å². The van der Waals surface area contributed by atoms with Crippen LogP contribution in [-0.2, 0) is 11.2 Å². The van der Waals surface area contributed by atoms with E-state index < -0.39 is 0 Å². The second-order valence-corrected chi connectivity index (χ2v) is 5.71. The van der Waals surface area contributed by atoms with E-state index in [4.69, 9.17) is 10.00 Å². The number of nitriles is 1. The number of nitrogens with zero attached hydrogens (tertiary/aromatic N) is 2. The standard InChI is InChI=1S/C22H17N3O2/c23-14-13-17-3-8-20(9-4-17)27-21-10-6-19(7-11-21)25-22(26)12-5-18-2-1-15-24-16-18/h1-12,15-16H,13H2,(H,25,26)/b12-5+. The van der Waals surface area contributed by atoms with Crippen LogP contribution in [0.4, 0.5) is 5.69 Å². The fraction of sp³-hybridized carbons (Fsp3) is 0.0455. The van der Waals surface area contributed by atoms with Gasteiger partial charge in [0.2, 0.25) is 5.91 Å². The lowest BCUT2D eigenvalue weighted by atomic mass is 10.2. The van der Waals surface area contributed by atoms with Gasteiger partial charge in [0.05, 0.1) is 12.5 Å². The quantitative estimate of drug-likeness (QED) is 0.656. The summed E-state index contributed by atoms with van der Waals surface area (Å²) in [6.45, 7) is 0. The van der Waals surface area contributed by atoms with Crippen molar-refractivity contribution >= 4 is 17.7 Å². The SMILES string of the molecule is N#CCc1ccc(Oc2ccc(NC(=O)/C=C/c3cccnc3)cc2)cc1. The van der Waals surface area contributed by atoms with E-state index in [2.05, 4.69) is 16.4 Å². The van der Waals surface area contributed by atoms with Gasteiger partial charge < -0.3 is 10.1 Å². The Morgan fingerprint density at radius 3 is 2.41 bits per heavy atom. The number of nitrogens with one attached hydrogen (secondary N) is 1. The first-order chi connectivity index (χ1) is 13.2. The molecule has 27 heavy (non-hydrogen) atoms. The van der Waals surface area contributed by atoms with Crippen LogP contribution in [0.3, 0.4) is 0 Å². The van der Waals surface area contributed by atoms with E-state index in [-0.39, 0.29) is 5.91 Å². The lowest BCUT2D eigenvalue weighted by molar-refractivity contribution is -0.111. The van der Waals surface area contributed by atoms with Crippen molar-refractivity contribution in [2.45, 2.75) is 6.42 Å². The van der Waals surface area contributed by atoms with Gasteiger partial charge in [0.25, 0.3) is 0 Å². The molecular weight excluding hydrogens is 338 g/mol. The molecule has 0 saturated heterocycles. The summed E-state index contributed by atoms with van der Waals surface area (Å²) in [6.07, 6.45) is 6.91. The average molecular weight is 355 g/mol. The van der Waals surface area contributed by atoms with Gasteiger partial charge in [-0.3, -0.25) is 9.78 Å². The van der Waals surface area contributed by atoms with Gasteiger partial charge in [0.1, 0.15) is 11.5 Å². The van der Waals surface area contributed by atoms with Crippen molar-refractivity contribution in [2.75, 3.05) is 5.32 Å². The maximum Gasteiger partial charge on any atom is 0.248 e. The molecule has 5 nitrogen and oxygen atoms in total. The number of benzene rings is 2. The molecule has 2 aromatic carbocycles. The van der Waals surface area contributed by atoms with Crippen molar-refractivity contribution < 1.29 is 9.53 Å². The minimum atomic E-state index is -0.222. The van der Waals surface area contributed by atoms with E-state index in [0.29, 0.717) is 23.6 Å². The molecule has 0 saturated carbocycles. The topological polar surface area (TPSA) is 75.0 Å². The fourth-order valence-electron chi connectivity index (χ4n) is 2.34. The monoisotopic (exact) mass is 355 g/mol. The molecule has 0 aliphatic rings. The van der Waals surface area contributed by atoms with Gasteiger partial charge >= 0.3 is 0 Å². The summed E-state index contributed by atoms with van der Waals surface area (Å²) >= 11 is 0. The Balaban J connectivity index is 1.56. The first-order valence-corrected chi connectivity index (χ1v) is 8.36. The lowest BCUT2D eigenvalue weighted by Gasteiger charge is -2.07. The number of pyridine rings is 1. The van der Waals surface area contributed by atoms with Crippen LogP contribution in [0.25, 0.3) is 6.08 Å². The molecule has 0 aliphatic heterocycles. The highest BCUT2D eigenvalue weighted by molar-refractivity contribution is 6.01. The molecule has 0 atom stereocenters. The van der Waals surface area contributed by atoms with Crippen molar-refractivity contribution in [1.82, 2.24) is 4.98 Å². The summed E-state index contributed by atoms with van der Waals surface area (Å²) in [7, 11) is 0. The molecule has 1 amide bonds. The van der Waals surface area contributed by atoms with Gasteiger partial charge in [-0.05, 0) is 59.7 Å². The van der Waals surface area contributed by atoms with Crippen LogP contribution in [0.5, 0.6) is 11.5 Å². The predicted molar refractivity (Wildman–Crippen MR) is 104 cm³/mol. The third kappa shape index (κ3) is 5.55. The number of rotatable bonds is 6. The molecule has 1 aromatic heterocycles. The highest BCUT2D eigenvalue weighted by Crippen LogP contribution is 2.23. The van der Waals surface area contributed by atoms with Crippen molar-refractivity contribution in [3.05, 3.63) is 90.3 Å². The molecule has 5 heteroatoms. The number of carbonyl (C=O) groups is 1. The smallest absolute Gasteiger partial charge is 0.248 e. The number of aromatic nitrogens is 1. The molecule has 132 valence electrons. The van der Waals surface area contributed by atoms with Crippen molar-refractivity contribution in [2.24, 2.45) is 0 Å². The number of hydrogen-bond donors (Lipinski definition) is 1. The molecule has 0 spiro atoms. The highest BCUT2D eigenvalue weighted by Gasteiger charge is 2.01. The Hall–Kier alpha value is -3.91. The lowest BCUT2D eigenvalue weighted by Crippen LogP contribution is -2.07. The number of ether oxygens (including phenoxy) is 1. The molecule has 1 heterocycles. The van der Waals surface area contributed by atoms with Crippen LogP contribution in [0.15, 0.2) is 79.1 Å². The number of amides is 1. The van der Waals surface area contributed by atoms with Crippen molar-refractivity contribution in [1.29, 1.82) is 5.26 Å². The zero-order valence-electron chi connectivity index (χ0n) is 14.5. The molecule has 0 bridgehead atoms. The van der Waals surface area contributed by atoms with Crippen LogP contribution < -0.4 is 10.1 Å². The number of carbonyl (C=O) groups excluding carboxylic acids is 1. The Morgan fingerprint density at radius 2 is 1.78 bits per heavy atom. The first-order valence-electron chi connectivity index (χ1n) is 8.36. The zero-order chi connectivity index (χ0) is 18.9. The zero-order valence-corrected chi connectivity index (χ0v) is 14.5. The van der Waals surface area contributed by atoms with Gasteiger partial charge in [-0.25, -0.2) is 0 Å². The summed E-state index contributed by atoms with van der Waals surface area (Å²) in [5, 5.41) is 11.5. The maximum atomic E-state index is 12.0. The van der Waals surface area contributed by atoms with Gasteiger partial charge in [0, 0.05) is 24.2 Å². The van der Waals surface area contributed by atoms with Gasteiger partial charge in [-0.2, -0.15) is 5.26 Å². The molecule has 0 fully saturated rings. The summed E-state index contributed by atoms with van der Waals surface area (Å²) in [4.78, 5) is 16.0. The van der Waals surface area contributed by atoms with Crippen LogP contribution >= 0.6 is 0 Å². The molecule has 0 aliphatic carbocycles. The first kappa shape index (κ1) is 17.9. The minimum Gasteiger partial charge on any atom is -0.457 e. The van der Waals surface area contributed by atoms with Gasteiger partial charge in [-0.15, -0.1) is 0 Å². The van der Waals surface area contributed by atoms with E-state index in [1.54, 1.807) is 42.7 Å². The molecule has 0 radical (unpaired) electrons. The van der Waals surface area contributed by atoms with E-state index in [1.807, 2.05) is 36.4 Å². The second kappa shape index (κ2) is 8.97. The number of anilines is 1. The third-order valence-corrected chi connectivity index (χ3v) is 3.68. The van der Waals surface area contributed by atoms with E-state index in [0.717, 1.165) is 11.1 Å². The predicted octanol–water partition coefficient (Wildman–Crippen LogP) is 4.59. The average Bonchev–Trinajstić information content (AvgIpc) is 2.70. The van der Waals surface area contributed by atoms with E-state index in [9.17, 15) is 4.79 Å². The summed E-state index contributed by atoms with van der Waals surface area (Å²) in [6, 6.07) is 20.3. The van der Waals surface area contributed by atoms with E-state index >= 15 is 0 Å². The van der Waals surface area contributed by atoms with Crippen molar-refractivity contribution in [3.63, 3.8) is 0 Å². The highest BCUT2D eigenvalue weighted by atomic mass is 16.5. The fourth-order valence-corrected chi connectivity index (χ4v) is 2.34. The van der Waals surface area contributed by atoms with E-state index in [1.165, 1.54) is 6.08 Å².